The normalized spacial score (nSPS) is 10.2. The molecule has 0 heterocycles. The molecule has 0 unspecified atom stereocenters. The lowest BCUT2D eigenvalue weighted by molar-refractivity contribution is -0.385. The van der Waals surface area contributed by atoms with Crippen molar-refractivity contribution in [1.82, 2.24) is 0 Å². The summed E-state index contributed by atoms with van der Waals surface area (Å²) >= 11 is 0. The summed E-state index contributed by atoms with van der Waals surface area (Å²) in [6, 6.07) is 13.2. The number of benzene rings is 2. The molecule has 0 amide bonds. The molecule has 4 nitrogen and oxygen atoms in total. The number of nitro groups is 1. The van der Waals surface area contributed by atoms with Gasteiger partial charge in [0.05, 0.1) is 4.92 Å². The van der Waals surface area contributed by atoms with Gasteiger partial charge in [0.1, 0.15) is 0 Å². The van der Waals surface area contributed by atoms with Crippen LogP contribution in [0.5, 0.6) is 0 Å². The van der Waals surface area contributed by atoms with Crippen molar-refractivity contribution in [1.29, 1.82) is 0 Å². The smallest absolute Gasteiger partial charge is 0.274 e. The van der Waals surface area contributed by atoms with Crippen LogP contribution in [0.3, 0.4) is 0 Å². The molecule has 0 saturated heterocycles. The minimum Gasteiger partial charge on any atom is -0.381 e. The second-order valence-corrected chi connectivity index (χ2v) is 4.49. The number of nitrogens with zero attached hydrogens (tertiary/aromatic N) is 1. The van der Waals surface area contributed by atoms with Crippen molar-refractivity contribution in [2.45, 2.75) is 20.4 Å². The molecule has 0 aliphatic rings. The molecule has 0 aromatic heterocycles. The van der Waals surface area contributed by atoms with Crippen molar-refractivity contribution in [3.05, 3.63) is 69.3 Å². The average molecular weight is 256 g/mol. The quantitative estimate of drug-likeness (QED) is 0.668. The maximum absolute atomic E-state index is 10.9. The van der Waals surface area contributed by atoms with Gasteiger partial charge in [-0.3, -0.25) is 10.1 Å². The molecule has 0 saturated carbocycles. The third kappa shape index (κ3) is 2.91. The second kappa shape index (κ2) is 5.52. The summed E-state index contributed by atoms with van der Waals surface area (Å²) in [7, 11) is 0. The highest BCUT2D eigenvalue weighted by Crippen LogP contribution is 2.25. The summed E-state index contributed by atoms with van der Waals surface area (Å²) < 4.78 is 0. The molecule has 98 valence electrons. The number of rotatable bonds is 4. The number of hydrogen-bond donors (Lipinski definition) is 1. The predicted molar refractivity (Wildman–Crippen MR) is 76.3 cm³/mol. The molecular formula is C15H16N2O2. The number of nitrogens with one attached hydrogen (secondary N) is 1. The van der Waals surface area contributed by atoms with E-state index in [1.165, 1.54) is 17.2 Å². The molecule has 1 N–H and O–H groups in total. The summed E-state index contributed by atoms with van der Waals surface area (Å²) in [5.74, 6) is 0. The van der Waals surface area contributed by atoms with Gasteiger partial charge >= 0.3 is 0 Å². The van der Waals surface area contributed by atoms with Crippen LogP contribution < -0.4 is 5.32 Å². The number of aryl methyl sites for hydroxylation is 1. The van der Waals surface area contributed by atoms with E-state index in [1.807, 2.05) is 18.2 Å². The Labute approximate surface area is 112 Å². The fourth-order valence-electron chi connectivity index (χ4n) is 2.01. The maximum atomic E-state index is 10.9. The molecule has 0 radical (unpaired) electrons. The molecule has 0 spiro atoms. The van der Waals surface area contributed by atoms with Crippen LogP contribution in [0.2, 0.25) is 0 Å². The van der Waals surface area contributed by atoms with Gasteiger partial charge in [-0.15, -0.1) is 0 Å². The summed E-state index contributed by atoms with van der Waals surface area (Å²) in [6.45, 7) is 4.48. The molecule has 19 heavy (non-hydrogen) atoms. The Balaban J connectivity index is 2.19. The average Bonchev–Trinajstić information content (AvgIpc) is 2.39. The first-order valence-corrected chi connectivity index (χ1v) is 6.12. The zero-order chi connectivity index (χ0) is 13.8. The Morgan fingerprint density at radius 1 is 1.11 bits per heavy atom. The van der Waals surface area contributed by atoms with E-state index in [0.717, 1.165) is 5.69 Å². The van der Waals surface area contributed by atoms with Crippen molar-refractivity contribution in [3.8, 4) is 0 Å². The van der Waals surface area contributed by atoms with E-state index in [0.29, 0.717) is 12.1 Å². The van der Waals surface area contributed by atoms with Crippen LogP contribution in [-0.4, -0.2) is 4.92 Å². The minimum atomic E-state index is -0.353. The highest BCUT2D eigenvalue weighted by Gasteiger charge is 2.12. The maximum Gasteiger partial charge on any atom is 0.274 e. The first-order valence-electron chi connectivity index (χ1n) is 6.12. The molecule has 0 bridgehead atoms. The van der Waals surface area contributed by atoms with Crippen molar-refractivity contribution < 1.29 is 4.92 Å². The van der Waals surface area contributed by atoms with Crippen molar-refractivity contribution in [2.24, 2.45) is 0 Å². The van der Waals surface area contributed by atoms with Crippen molar-refractivity contribution in [3.63, 3.8) is 0 Å². The fourth-order valence-corrected chi connectivity index (χ4v) is 2.01. The molecule has 0 aliphatic heterocycles. The number of nitro benzene ring substituents is 1. The highest BCUT2D eigenvalue weighted by atomic mass is 16.6. The Kier molecular flexibility index (Phi) is 3.80. The summed E-state index contributed by atoms with van der Waals surface area (Å²) in [5, 5.41) is 14.1. The lowest BCUT2D eigenvalue weighted by Gasteiger charge is -2.11. The Morgan fingerprint density at radius 3 is 2.53 bits per heavy atom. The van der Waals surface area contributed by atoms with Crippen molar-refractivity contribution in [2.75, 3.05) is 5.32 Å². The van der Waals surface area contributed by atoms with E-state index in [9.17, 15) is 10.1 Å². The van der Waals surface area contributed by atoms with Gasteiger partial charge in [0, 0.05) is 23.9 Å². The van der Waals surface area contributed by atoms with Crippen LogP contribution in [0.25, 0.3) is 0 Å². The second-order valence-electron chi connectivity index (χ2n) is 4.49. The molecule has 2 rings (SSSR count). The molecule has 0 atom stereocenters. The Hall–Kier alpha value is -2.36. The van der Waals surface area contributed by atoms with Gasteiger partial charge in [-0.1, -0.05) is 30.3 Å². The molecule has 2 aromatic rings. The van der Waals surface area contributed by atoms with Gasteiger partial charge in [0.25, 0.3) is 5.69 Å². The minimum absolute atomic E-state index is 0.148. The van der Waals surface area contributed by atoms with Crippen LogP contribution in [-0.2, 0) is 6.54 Å². The van der Waals surface area contributed by atoms with E-state index in [2.05, 4.69) is 24.4 Å². The Bertz CT molecular complexity index is 609. The van der Waals surface area contributed by atoms with E-state index in [4.69, 9.17) is 0 Å². The zero-order valence-corrected chi connectivity index (χ0v) is 11.0. The topological polar surface area (TPSA) is 55.2 Å². The number of anilines is 1. The van der Waals surface area contributed by atoms with E-state index < -0.39 is 0 Å². The van der Waals surface area contributed by atoms with Gasteiger partial charge in [0.2, 0.25) is 0 Å². The number of hydrogen-bond acceptors (Lipinski definition) is 3. The van der Waals surface area contributed by atoms with Gasteiger partial charge in [0.15, 0.2) is 0 Å². The van der Waals surface area contributed by atoms with Crippen LogP contribution in [0.1, 0.15) is 16.7 Å². The van der Waals surface area contributed by atoms with E-state index >= 15 is 0 Å². The Morgan fingerprint density at radius 2 is 1.84 bits per heavy atom. The molecule has 2 aromatic carbocycles. The van der Waals surface area contributed by atoms with Gasteiger partial charge < -0.3 is 5.32 Å². The van der Waals surface area contributed by atoms with Crippen LogP contribution >= 0.6 is 0 Å². The van der Waals surface area contributed by atoms with Gasteiger partial charge in [-0.25, -0.2) is 0 Å². The zero-order valence-electron chi connectivity index (χ0n) is 11.0. The molecule has 4 heteroatoms. The standard InChI is InChI=1S/C15H16N2O2/c1-11-6-3-4-7-13(11)10-16-14-8-5-9-15(12(14)2)17(18)19/h3-9,16H,10H2,1-2H3. The predicted octanol–water partition coefficient (Wildman–Crippen LogP) is 3.82. The molecule has 0 fully saturated rings. The van der Waals surface area contributed by atoms with Crippen LogP contribution in [0.4, 0.5) is 11.4 Å². The fraction of sp³-hybridized carbons (Fsp3) is 0.200. The SMILES string of the molecule is Cc1ccccc1CNc1cccc([N+](=O)[O-])c1C. The van der Waals surface area contributed by atoms with E-state index in [-0.39, 0.29) is 10.6 Å². The monoisotopic (exact) mass is 256 g/mol. The lowest BCUT2D eigenvalue weighted by Crippen LogP contribution is -2.03. The highest BCUT2D eigenvalue weighted by molar-refractivity contribution is 5.59. The summed E-state index contributed by atoms with van der Waals surface area (Å²) in [4.78, 5) is 10.5. The summed E-state index contributed by atoms with van der Waals surface area (Å²) in [5.41, 5.74) is 4.01. The van der Waals surface area contributed by atoms with Crippen LogP contribution in [0, 0.1) is 24.0 Å². The summed E-state index contributed by atoms with van der Waals surface area (Å²) in [6.07, 6.45) is 0. The van der Waals surface area contributed by atoms with Crippen LogP contribution in [0.15, 0.2) is 42.5 Å². The lowest BCUT2D eigenvalue weighted by atomic mass is 10.1. The largest absolute Gasteiger partial charge is 0.381 e. The van der Waals surface area contributed by atoms with E-state index in [1.54, 1.807) is 13.0 Å². The third-order valence-corrected chi connectivity index (χ3v) is 3.23. The molecular weight excluding hydrogens is 240 g/mol. The van der Waals surface area contributed by atoms with Crippen molar-refractivity contribution >= 4 is 11.4 Å². The van der Waals surface area contributed by atoms with Gasteiger partial charge in [-0.05, 0) is 31.0 Å². The van der Waals surface area contributed by atoms with Gasteiger partial charge in [-0.2, -0.15) is 0 Å². The first-order chi connectivity index (χ1) is 9.09. The first kappa shape index (κ1) is 13.1. The molecule has 0 aliphatic carbocycles. The third-order valence-electron chi connectivity index (χ3n) is 3.23.